The predicted molar refractivity (Wildman–Crippen MR) is 120 cm³/mol. The first-order chi connectivity index (χ1) is 16.0. The van der Waals surface area contributed by atoms with E-state index in [-0.39, 0.29) is 11.1 Å². The number of rotatable bonds is 6. The van der Waals surface area contributed by atoms with Crippen LogP contribution in [0.5, 0.6) is 0 Å². The zero-order valence-electron chi connectivity index (χ0n) is 17.4. The van der Waals surface area contributed by atoms with Crippen LogP contribution in [-0.4, -0.2) is 40.0 Å². The number of nitrogens with zero attached hydrogens (tertiary/aromatic N) is 1. The second-order valence-electron chi connectivity index (χ2n) is 7.63. The fourth-order valence-electron chi connectivity index (χ4n) is 4.00. The van der Waals surface area contributed by atoms with Gasteiger partial charge in [-0.05, 0) is 18.2 Å². The van der Waals surface area contributed by atoms with Gasteiger partial charge in [-0.25, -0.2) is 0 Å². The van der Waals surface area contributed by atoms with Crippen molar-refractivity contribution in [2.24, 2.45) is 0 Å². The number of carbonyl (C=O) groups excluding carboxylic acids is 4. The van der Waals surface area contributed by atoms with E-state index in [1.807, 2.05) is 24.3 Å². The van der Waals surface area contributed by atoms with Gasteiger partial charge in [0, 0.05) is 28.2 Å². The normalized spacial score (nSPS) is 13.8. The molecule has 7 nitrogen and oxygen atoms in total. The number of carbonyl (C=O) groups is 4. The molecule has 0 radical (unpaired) electrons. The van der Waals surface area contributed by atoms with Gasteiger partial charge < -0.3 is 9.72 Å². The van der Waals surface area contributed by atoms with Crippen molar-refractivity contribution in [1.82, 2.24) is 9.88 Å². The summed E-state index contributed by atoms with van der Waals surface area (Å²) in [6, 6.07) is 22.3. The minimum absolute atomic E-state index is 0.241. The average molecular weight is 438 g/mol. The van der Waals surface area contributed by atoms with E-state index in [2.05, 4.69) is 4.98 Å². The van der Waals surface area contributed by atoms with Gasteiger partial charge in [-0.2, -0.15) is 0 Å². The van der Waals surface area contributed by atoms with Crippen molar-refractivity contribution in [2.45, 2.75) is 6.10 Å². The van der Waals surface area contributed by atoms with Gasteiger partial charge in [0.1, 0.15) is 6.54 Å². The number of hydrogen-bond acceptors (Lipinski definition) is 5. The van der Waals surface area contributed by atoms with Gasteiger partial charge in [-0.1, -0.05) is 60.7 Å². The standard InChI is InChI=1S/C26H18N2O5/c29-22(15-28-25(31)18-11-4-5-12-19(18)26(28)32)33-24(16-8-2-1-3-9-16)23(30)20-14-27-21-13-7-6-10-17(20)21/h1-14,24,27H,15H2. The summed E-state index contributed by atoms with van der Waals surface area (Å²) in [6.07, 6.45) is 0.356. The van der Waals surface area contributed by atoms with Crippen LogP contribution in [0.1, 0.15) is 42.7 Å². The maximum Gasteiger partial charge on any atom is 0.327 e. The molecule has 1 aliphatic heterocycles. The molecule has 1 unspecified atom stereocenters. The predicted octanol–water partition coefficient (Wildman–Crippen LogP) is 3.93. The molecule has 0 aliphatic carbocycles. The maximum atomic E-state index is 13.5. The monoisotopic (exact) mass is 438 g/mol. The van der Waals surface area contributed by atoms with Crippen molar-refractivity contribution >= 4 is 34.5 Å². The molecule has 7 heteroatoms. The highest BCUT2D eigenvalue weighted by Gasteiger charge is 2.37. The third-order valence-electron chi connectivity index (χ3n) is 5.61. The van der Waals surface area contributed by atoms with Crippen molar-refractivity contribution in [3.05, 3.63) is 107 Å². The molecule has 1 aromatic heterocycles. The molecule has 5 rings (SSSR count). The van der Waals surface area contributed by atoms with E-state index >= 15 is 0 Å². The third kappa shape index (κ3) is 3.59. The highest BCUT2D eigenvalue weighted by molar-refractivity contribution is 6.22. The van der Waals surface area contributed by atoms with Gasteiger partial charge >= 0.3 is 5.97 Å². The molecular weight excluding hydrogens is 420 g/mol. The summed E-state index contributed by atoms with van der Waals surface area (Å²) >= 11 is 0. The SMILES string of the molecule is O=C(CN1C(=O)c2ccccc2C1=O)OC(C(=O)c1c[nH]c2ccccc12)c1ccccc1. The van der Waals surface area contributed by atoms with E-state index in [4.69, 9.17) is 4.74 Å². The summed E-state index contributed by atoms with van der Waals surface area (Å²) in [5, 5.41) is 0.708. The van der Waals surface area contributed by atoms with Gasteiger partial charge in [0.2, 0.25) is 5.78 Å². The zero-order valence-corrected chi connectivity index (χ0v) is 17.4. The smallest absolute Gasteiger partial charge is 0.327 e. The molecule has 0 spiro atoms. The number of amides is 2. The Bertz CT molecular complexity index is 1370. The second kappa shape index (κ2) is 8.20. The van der Waals surface area contributed by atoms with Crippen LogP contribution in [0.25, 0.3) is 10.9 Å². The molecule has 162 valence electrons. The Kier molecular flexibility index (Phi) is 5.06. The first-order valence-corrected chi connectivity index (χ1v) is 10.3. The first-order valence-electron chi connectivity index (χ1n) is 10.3. The molecule has 1 aliphatic rings. The van der Waals surface area contributed by atoms with E-state index in [1.165, 1.54) is 12.1 Å². The molecule has 0 bridgehead atoms. The van der Waals surface area contributed by atoms with Crippen LogP contribution in [0.15, 0.2) is 85.1 Å². The minimum atomic E-state index is -1.23. The van der Waals surface area contributed by atoms with Gasteiger partial charge in [0.15, 0.2) is 6.10 Å². The van der Waals surface area contributed by atoms with E-state index in [1.54, 1.807) is 48.7 Å². The fourth-order valence-corrected chi connectivity index (χ4v) is 4.00. The van der Waals surface area contributed by atoms with Crippen LogP contribution in [-0.2, 0) is 9.53 Å². The Morgan fingerprint density at radius 3 is 2.12 bits per heavy atom. The number of Topliss-reactive ketones (excluding diaryl/α,β-unsaturated/α-hetero) is 1. The summed E-state index contributed by atoms with van der Waals surface area (Å²) in [4.78, 5) is 55.4. The molecule has 1 N–H and O–H groups in total. The number of aromatic amines is 1. The fraction of sp³-hybridized carbons (Fsp3) is 0.0769. The maximum absolute atomic E-state index is 13.5. The Balaban J connectivity index is 1.42. The van der Waals surface area contributed by atoms with Gasteiger partial charge in [-0.3, -0.25) is 24.1 Å². The van der Waals surface area contributed by atoms with Crippen molar-refractivity contribution in [2.75, 3.05) is 6.54 Å². The second-order valence-corrected chi connectivity index (χ2v) is 7.63. The number of esters is 1. The number of ketones is 1. The number of imide groups is 1. The molecule has 2 heterocycles. The van der Waals surface area contributed by atoms with E-state index in [0.717, 1.165) is 10.4 Å². The van der Waals surface area contributed by atoms with E-state index < -0.39 is 36.2 Å². The number of fused-ring (bicyclic) bond motifs is 2. The van der Waals surface area contributed by atoms with Crippen LogP contribution in [0.2, 0.25) is 0 Å². The van der Waals surface area contributed by atoms with Crippen molar-refractivity contribution in [3.63, 3.8) is 0 Å². The van der Waals surface area contributed by atoms with Gasteiger partial charge in [-0.15, -0.1) is 0 Å². The van der Waals surface area contributed by atoms with Crippen LogP contribution in [0.3, 0.4) is 0 Å². The summed E-state index contributed by atoms with van der Waals surface area (Å²) in [5.41, 5.74) is 2.14. The first kappa shape index (κ1) is 20.4. The molecule has 0 saturated carbocycles. The number of para-hydroxylation sites is 1. The van der Waals surface area contributed by atoms with Gasteiger partial charge in [0.05, 0.1) is 11.1 Å². The minimum Gasteiger partial charge on any atom is -0.448 e. The van der Waals surface area contributed by atoms with Crippen LogP contribution in [0, 0.1) is 0 Å². The topological polar surface area (TPSA) is 96.5 Å². The largest absolute Gasteiger partial charge is 0.448 e. The molecule has 0 fully saturated rings. The Morgan fingerprint density at radius 2 is 1.42 bits per heavy atom. The Morgan fingerprint density at radius 1 is 0.818 bits per heavy atom. The highest BCUT2D eigenvalue weighted by atomic mass is 16.5. The van der Waals surface area contributed by atoms with Crippen LogP contribution < -0.4 is 0 Å². The van der Waals surface area contributed by atoms with Crippen LogP contribution >= 0.6 is 0 Å². The molecule has 4 aromatic rings. The lowest BCUT2D eigenvalue weighted by atomic mass is 9.99. The average Bonchev–Trinajstić information content (AvgIpc) is 3.38. The lowest BCUT2D eigenvalue weighted by Gasteiger charge is -2.19. The molecular formula is C26H18N2O5. The number of ether oxygens (including phenoxy) is 1. The van der Waals surface area contributed by atoms with Gasteiger partial charge in [0.25, 0.3) is 11.8 Å². The molecule has 1 atom stereocenters. The van der Waals surface area contributed by atoms with E-state index in [9.17, 15) is 19.2 Å². The van der Waals surface area contributed by atoms with E-state index in [0.29, 0.717) is 16.5 Å². The molecule has 2 amide bonds. The molecule has 0 saturated heterocycles. The number of H-pyrrole nitrogens is 1. The quantitative estimate of drug-likeness (QED) is 0.280. The molecule has 33 heavy (non-hydrogen) atoms. The summed E-state index contributed by atoms with van der Waals surface area (Å²) in [7, 11) is 0. The Hall–Kier alpha value is -4.52. The number of aromatic nitrogens is 1. The summed E-state index contributed by atoms with van der Waals surface area (Å²) < 4.78 is 5.58. The van der Waals surface area contributed by atoms with Crippen LogP contribution in [0.4, 0.5) is 0 Å². The lowest BCUT2D eigenvalue weighted by molar-refractivity contribution is -0.147. The molecule has 3 aromatic carbocycles. The number of hydrogen-bond donors (Lipinski definition) is 1. The van der Waals surface area contributed by atoms with Crippen molar-refractivity contribution < 1.29 is 23.9 Å². The number of nitrogens with one attached hydrogen (secondary N) is 1. The lowest BCUT2D eigenvalue weighted by Crippen LogP contribution is -2.36. The third-order valence-corrected chi connectivity index (χ3v) is 5.61. The van der Waals surface area contributed by atoms with Crippen molar-refractivity contribution in [3.8, 4) is 0 Å². The summed E-state index contributed by atoms with van der Waals surface area (Å²) in [5.74, 6) is -2.39. The highest BCUT2D eigenvalue weighted by Crippen LogP contribution is 2.28. The zero-order chi connectivity index (χ0) is 22.9. The summed E-state index contributed by atoms with van der Waals surface area (Å²) in [6.45, 7) is -0.586. The van der Waals surface area contributed by atoms with Crippen molar-refractivity contribution in [1.29, 1.82) is 0 Å². The Labute approximate surface area is 188 Å². The number of benzene rings is 3.